The number of nitrogens with one attached hydrogen (secondary N) is 1. The quantitative estimate of drug-likeness (QED) is 0.561. The van der Waals surface area contributed by atoms with Gasteiger partial charge in [-0.2, -0.15) is 0 Å². The predicted octanol–water partition coefficient (Wildman–Crippen LogP) is 3.06. The van der Waals surface area contributed by atoms with Crippen LogP contribution in [-0.4, -0.2) is 61.7 Å². The minimum Gasteiger partial charge on any atom is -0.315 e. The predicted molar refractivity (Wildman–Crippen MR) is 91.4 cm³/mol. The summed E-state index contributed by atoms with van der Waals surface area (Å²) in [6, 6.07) is 0.690. The second kappa shape index (κ2) is 12.6. The van der Waals surface area contributed by atoms with Crippen molar-refractivity contribution in [3.63, 3.8) is 0 Å². The molecule has 0 aliphatic heterocycles. The van der Waals surface area contributed by atoms with E-state index in [9.17, 15) is 0 Å². The highest BCUT2D eigenvalue weighted by Crippen LogP contribution is 2.05. The molecule has 0 fully saturated rings. The van der Waals surface area contributed by atoms with Gasteiger partial charge in [-0.25, -0.2) is 0 Å². The van der Waals surface area contributed by atoms with E-state index >= 15 is 0 Å². The monoisotopic (exact) mass is 285 g/mol. The lowest BCUT2D eigenvalue weighted by atomic mass is 10.1. The third-order valence-electron chi connectivity index (χ3n) is 4.14. The van der Waals surface area contributed by atoms with Gasteiger partial charge in [-0.1, -0.05) is 41.5 Å². The third-order valence-corrected chi connectivity index (χ3v) is 4.14. The van der Waals surface area contributed by atoms with Crippen LogP contribution >= 0.6 is 0 Å². The lowest BCUT2D eigenvalue weighted by Crippen LogP contribution is -2.43. The highest BCUT2D eigenvalue weighted by Gasteiger charge is 2.14. The molecule has 0 saturated carbocycles. The normalized spacial score (nSPS) is 13.7. The summed E-state index contributed by atoms with van der Waals surface area (Å²) in [5.74, 6) is 0.741. The number of nitrogens with zero attached hydrogens (tertiary/aromatic N) is 2. The molecule has 0 aliphatic carbocycles. The molecule has 0 aromatic rings. The molecule has 0 rings (SSSR count). The van der Waals surface area contributed by atoms with E-state index in [1.807, 2.05) is 0 Å². The Morgan fingerprint density at radius 1 is 0.850 bits per heavy atom. The molecular formula is C17H39N3. The summed E-state index contributed by atoms with van der Waals surface area (Å²) in [5.41, 5.74) is 0. The van der Waals surface area contributed by atoms with Crippen molar-refractivity contribution < 1.29 is 0 Å². The lowest BCUT2D eigenvalue weighted by molar-refractivity contribution is 0.180. The van der Waals surface area contributed by atoms with Crippen LogP contribution in [0.4, 0.5) is 0 Å². The molecule has 0 spiro atoms. The molecule has 1 atom stereocenters. The lowest BCUT2D eigenvalue weighted by Gasteiger charge is -2.31. The Bertz CT molecular complexity index is 202. The maximum Gasteiger partial charge on any atom is 0.0217 e. The second-order valence-corrected chi connectivity index (χ2v) is 6.12. The average Bonchev–Trinajstić information content (AvgIpc) is 2.44. The van der Waals surface area contributed by atoms with Crippen molar-refractivity contribution in [2.45, 2.75) is 60.4 Å². The standard InChI is InChI=1S/C17H39N3/c1-7-17(15-18-14-16(5)6)20(10-4)13-11-12-19(8-2)9-3/h16-18H,7-15H2,1-6H3. The molecule has 0 bridgehead atoms. The molecule has 122 valence electrons. The van der Waals surface area contributed by atoms with E-state index < -0.39 is 0 Å². The zero-order valence-electron chi connectivity index (χ0n) is 14.9. The second-order valence-electron chi connectivity index (χ2n) is 6.12. The van der Waals surface area contributed by atoms with Crippen LogP contribution in [0.3, 0.4) is 0 Å². The van der Waals surface area contributed by atoms with Crippen LogP contribution in [-0.2, 0) is 0 Å². The molecule has 0 saturated heterocycles. The molecule has 0 amide bonds. The van der Waals surface area contributed by atoms with Crippen LogP contribution in [0.25, 0.3) is 0 Å². The van der Waals surface area contributed by atoms with E-state index in [1.54, 1.807) is 0 Å². The summed E-state index contributed by atoms with van der Waals surface area (Å²) in [7, 11) is 0. The van der Waals surface area contributed by atoms with Crippen molar-refractivity contribution in [2.24, 2.45) is 5.92 Å². The van der Waals surface area contributed by atoms with Crippen molar-refractivity contribution in [2.75, 3.05) is 45.8 Å². The Kier molecular flexibility index (Phi) is 12.5. The van der Waals surface area contributed by atoms with E-state index in [-0.39, 0.29) is 0 Å². The van der Waals surface area contributed by atoms with Gasteiger partial charge in [0.1, 0.15) is 0 Å². The number of likely N-dealkylation sites (N-methyl/N-ethyl adjacent to an activating group) is 1. The van der Waals surface area contributed by atoms with Crippen LogP contribution in [0.2, 0.25) is 0 Å². The highest BCUT2D eigenvalue weighted by atomic mass is 15.2. The van der Waals surface area contributed by atoms with Crippen LogP contribution in [0, 0.1) is 5.92 Å². The first-order valence-electron chi connectivity index (χ1n) is 8.75. The fourth-order valence-electron chi connectivity index (χ4n) is 2.71. The summed E-state index contributed by atoms with van der Waals surface area (Å²) in [6.45, 7) is 21.9. The van der Waals surface area contributed by atoms with Gasteiger partial charge in [0.2, 0.25) is 0 Å². The Labute approximate surface area is 128 Å². The van der Waals surface area contributed by atoms with Crippen LogP contribution < -0.4 is 5.32 Å². The zero-order valence-corrected chi connectivity index (χ0v) is 14.9. The van der Waals surface area contributed by atoms with Gasteiger partial charge >= 0.3 is 0 Å². The number of rotatable bonds is 13. The van der Waals surface area contributed by atoms with Gasteiger partial charge in [0.15, 0.2) is 0 Å². The largest absolute Gasteiger partial charge is 0.315 e. The molecular weight excluding hydrogens is 246 g/mol. The van der Waals surface area contributed by atoms with E-state index in [2.05, 4.69) is 56.7 Å². The van der Waals surface area contributed by atoms with Crippen molar-refractivity contribution in [3.8, 4) is 0 Å². The van der Waals surface area contributed by atoms with E-state index in [1.165, 1.54) is 45.6 Å². The first-order valence-corrected chi connectivity index (χ1v) is 8.75. The fourth-order valence-corrected chi connectivity index (χ4v) is 2.71. The van der Waals surface area contributed by atoms with E-state index in [0.717, 1.165) is 19.0 Å². The highest BCUT2D eigenvalue weighted by molar-refractivity contribution is 4.73. The Balaban J connectivity index is 4.05. The SMILES string of the molecule is CCC(CNCC(C)C)N(CC)CCCN(CC)CC. The molecule has 20 heavy (non-hydrogen) atoms. The molecule has 0 aromatic heterocycles. The van der Waals surface area contributed by atoms with Crippen molar-refractivity contribution >= 4 is 0 Å². The van der Waals surface area contributed by atoms with Crippen LogP contribution in [0.15, 0.2) is 0 Å². The van der Waals surface area contributed by atoms with Gasteiger partial charge in [0.05, 0.1) is 0 Å². The maximum atomic E-state index is 3.62. The Morgan fingerprint density at radius 2 is 1.50 bits per heavy atom. The summed E-state index contributed by atoms with van der Waals surface area (Å²) in [5, 5.41) is 3.62. The van der Waals surface area contributed by atoms with Gasteiger partial charge in [-0.3, -0.25) is 4.90 Å². The Morgan fingerprint density at radius 3 is 1.95 bits per heavy atom. The molecule has 0 aliphatic rings. The maximum absolute atomic E-state index is 3.62. The van der Waals surface area contributed by atoms with Gasteiger partial charge < -0.3 is 10.2 Å². The minimum atomic E-state index is 0.690. The van der Waals surface area contributed by atoms with Gasteiger partial charge in [-0.15, -0.1) is 0 Å². The van der Waals surface area contributed by atoms with Crippen molar-refractivity contribution in [1.29, 1.82) is 0 Å². The summed E-state index contributed by atoms with van der Waals surface area (Å²) < 4.78 is 0. The van der Waals surface area contributed by atoms with E-state index in [0.29, 0.717) is 6.04 Å². The fraction of sp³-hybridized carbons (Fsp3) is 1.00. The number of hydrogen-bond acceptors (Lipinski definition) is 3. The molecule has 3 heteroatoms. The van der Waals surface area contributed by atoms with Gasteiger partial charge in [0.25, 0.3) is 0 Å². The third kappa shape index (κ3) is 8.93. The first kappa shape index (κ1) is 19.9. The molecule has 1 unspecified atom stereocenters. The van der Waals surface area contributed by atoms with Crippen molar-refractivity contribution in [1.82, 2.24) is 15.1 Å². The van der Waals surface area contributed by atoms with Crippen molar-refractivity contribution in [3.05, 3.63) is 0 Å². The van der Waals surface area contributed by atoms with Gasteiger partial charge in [0, 0.05) is 12.6 Å². The molecule has 0 heterocycles. The minimum absolute atomic E-state index is 0.690. The number of hydrogen-bond donors (Lipinski definition) is 1. The van der Waals surface area contributed by atoms with Crippen LogP contribution in [0.1, 0.15) is 54.4 Å². The molecule has 0 radical (unpaired) electrons. The first-order chi connectivity index (χ1) is 9.58. The average molecular weight is 286 g/mol. The zero-order chi connectivity index (χ0) is 15.4. The molecule has 1 N–H and O–H groups in total. The molecule has 3 nitrogen and oxygen atoms in total. The summed E-state index contributed by atoms with van der Waals surface area (Å²) in [6.07, 6.45) is 2.53. The smallest absolute Gasteiger partial charge is 0.0217 e. The topological polar surface area (TPSA) is 18.5 Å². The van der Waals surface area contributed by atoms with E-state index in [4.69, 9.17) is 0 Å². The van der Waals surface area contributed by atoms with Gasteiger partial charge in [-0.05, 0) is 58.0 Å². The summed E-state index contributed by atoms with van der Waals surface area (Å²) in [4.78, 5) is 5.17. The molecule has 0 aromatic carbocycles. The summed E-state index contributed by atoms with van der Waals surface area (Å²) >= 11 is 0. The van der Waals surface area contributed by atoms with Crippen LogP contribution in [0.5, 0.6) is 0 Å². The Hall–Kier alpha value is -0.120.